The molecule has 1 saturated carbocycles. The van der Waals surface area contributed by atoms with Crippen molar-refractivity contribution < 1.29 is 23.1 Å². The van der Waals surface area contributed by atoms with Gasteiger partial charge in [-0.2, -0.15) is 18.3 Å². The van der Waals surface area contributed by atoms with Gasteiger partial charge < -0.3 is 14.9 Å². The summed E-state index contributed by atoms with van der Waals surface area (Å²) in [7, 11) is 1.81. The molecule has 0 unspecified atom stereocenters. The number of aryl methyl sites for hydroxylation is 3. The number of fused-ring (bicyclic) bond motifs is 1. The minimum atomic E-state index is -4.55. The lowest BCUT2D eigenvalue weighted by Gasteiger charge is -2.35. The highest BCUT2D eigenvalue weighted by atomic mass is 19.4. The van der Waals surface area contributed by atoms with Crippen LogP contribution in [0.3, 0.4) is 0 Å². The van der Waals surface area contributed by atoms with E-state index in [2.05, 4.69) is 33.9 Å². The van der Waals surface area contributed by atoms with Crippen LogP contribution in [0.1, 0.15) is 73.3 Å². The van der Waals surface area contributed by atoms with Gasteiger partial charge in [0, 0.05) is 56.7 Å². The summed E-state index contributed by atoms with van der Waals surface area (Å²) in [4.78, 5) is 19.2. The number of aromatic nitrogens is 2. The number of hydrogen-bond donors (Lipinski definition) is 1. The third-order valence-electron chi connectivity index (χ3n) is 9.13. The van der Waals surface area contributed by atoms with Gasteiger partial charge in [0.1, 0.15) is 0 Å². The lowest BCUT2D eigenvalue weighted by Crippen LogP contribution is -2.34. The zero-order valence-electron chi connectivity index (χ0n) is 25.4. The zero-order chi connectivity index (χ0) is 31.4. The molecule has 0 aliphatic heterocycles. The summed E-state index contributed by atoms with van der Waals surface area (Å²) in [6.45, 7) is 11.7. The maximum atomic E-state index is 13.7. The second-order valence-electron chi connectivity index (χ2n) is 12.3. The molecule has 44 heavy (non-hydrogen) atoms. The minimum absolute atomic E-state index is 0.0416. The van der Waals surface area contributed by atoms with Crippen LogP contribution in [0.5, 0.6) is 0 Å². The Morgan fingerprint density at radius 2 is 1.75 bits per heavy atom. The topological polar surface area (TPSA) is 66.0 Å². The monoisotopic (exact) mass is 607 g/mol. The average molecular weight is 608 g/mol. The van der Waals surface area contributed by atoms with Crippen molar-refractivity contribution in [2.24, 2.45) is 18.9 Å². The third-order valence-corrected chi connectivity index (χ3v) is 9.13. The summed E-state index contributed by atoms with van der Waals surface area (Å²) in [5.74, 6) is 0.0879. The smallest absolute Gasteiger partial charge is 0.415 e. The molecule has 0 saturated heterocycles. The molecule has 3 aromatic rings. The molecule has 0 spiro atoms. The summed E-state index contributed by atoms with van der Waals surface area (Å²) in [6.07, 6.45) is 4.73. The van der Waals surface area contributed by atoms with Crippen molar-refractivity contribution in [3.8, 4) is 0 Å². The molecule has 1 aromatic heterocycles. The third kappa shape index (κ3) is 7.37. The van der Waals surface area contributed by atoms with Gasteiger partial charge >= 0.3 is 12.1 Å². The molecule has 7 nitrogen and oxygen atoms in total. The fraction of sp³-hybridized carbons (Fsp3) is 0.500. The second-order valence-corrected chi connectivity index (χ2v) is 12.3. The van der Waals surface area contributed by atoms with Gasteiger partial charge in [0.05, 0.1) is 12.5 Å². The summed E-state index contributed by atoms with van der Waals surface area (Å²) < 4.78 is 42.8. The van der Waals surface area contributed by atoms with Crippen LogP contribution >= 0.6 is 0 Å². The molecular formula is C34H40F3N5O2. The number of alkyl halides is 3. The molecule has 2 aromatic carbocycles. The SMILES string of the molecule is [C-]#[N+]c1cc(CN(Cc2cc3c(cc2N(CC)CC2CCC(C(=O)O)CC2)CCCC3)c2ccn(C)n2)cc(C(F)(F)F)c1. The number of halogens is 3. The zero-order valence-corrected chi connectivity index (χ0v) is 25.4. The Bertz CT molecular complexity index is 1520. The van der Waals surface area contributed by atoms with Gasteiger partial charge in [0.15, 0.2) is 11.5 Å². The van der Waals surface area contributed by atoms with E-state index in [1.807, 2.05) is 24.2 Å². The number of aliphatic carboxylic acids is 1. The largest absolute Gasteiger partial charge is 0.481 e. The first-order valence-electron chi connectivity index (χ1n) is 15.5. The van der Waals surface area contributed by atoms with Crippen molar-refractivity contribution in [3.63, 3.8) is 0 Å². The summed E-state index contributed by atoms with van der Waals surface area (Å²) in [5.41, 5.74) is 4.43. The quantitative estimate of drug-likeness (QED) is 0.238. The number of rotatable bonds is 10. The predicted octanol–water partition coefficient (Wildman–Crippen LogP) is 7.79. The van der Waals surface area contributed by atoms with Crippen molar-refractivity contribution in [3.05, 3.63) is 81.8 Å². The Balaban J connectivity index is 1.49. The molecule has 5 rings (SSSR count). The first kappa shape index (κ1) is 31.4. The molecule has 0 amide bonds. The van der Waals surface area contributed by atoms with Crippen LogP contribution in [0, 0.1) is 18.4 Å². The lowest BCUT2D eigenvalue weighted by molar-refractivity contribution is -0.143. The van der Waals surface area contributed by atoms with Crippen LogP contribution in [0.15, 0.2) is 42.6 Å². The fourth-order valence-corrected chi connectivity index (χ4v) is 6.76. The van der Waals surface area contributed by atoms with Crippen molar-refractivity contribution in [1.29, 1.82) is 0 Å². The van der Waals surface area contributed by atoms with E-state index in [1.165, 1.54) is 17.2 Å². The van der Waals surface area contributed by atoms with Gasteiger partial charge in [-0.25, -0.2) is 4.85 Å². The summed E-state index contributed by atoms with van der Waals surface area (Å²) in [5, 5.41) is 14.1. The van der Waals surface area contributed by atoms with Gasteiger partial charge in [-0.1, -0.05) is 12.1 Å². The van der Waals surface area contributed by atoms with E-state index in [-0.39, 0.29) is 18.2 Å². The first-order valence-corrected chi connectivity index (χ1v) is 15.5. The van der Waals surface area contributed by atoms with E-state index in [1.54, 1.807) is 4.68 Å². The first-order chi connectivity index (χ1) is 21.0. The van der Waals surface area contributed by atoms with Crippen LogP contribution in [0.4, 0.5) is 30.4 Å². The van der Waals surface area contributed by atoms with E-state index >= 15 is 0 Å². The number of nitrogens with zero attached hydrogens (tertiary/aromatic N) is 5. The van der Waals surface area contributed by atoms with Gasteiger partial charge in [-0.15, -0.1) is 0 Å². The molecule has 2 aliphatic rings. The molecule has 0 atom stereocenters. The molecule has 10 heteroatoms. The number of hydrogen-bond acceptors (Lipinski definition) is 4. The van der Waals surface area contributed by atoms with Crippen molar-refractivity contribution >= 4 is 23.2 Å². The molecule has 1 heterocycles. The van der Waals surface area contributed by atoms with Crippen molar-refractivity contribution in [2.45, 2.75) is 77.6 Å². The standard InChI is InChI=1S/C34H40F3N5O2/c1-4-41(20-23-9-11-25(12-10-23)33(43)44)31-18-27-8-6-5-7-26(27)17-28(31)22-42(32-13-14-40(3)39-32)21-24-15-29(34(35,36)37)19-30(16-24)38-2/h13-19,23,25H,4-12,20-22H2,1,3H3,(H,43,44). The second kappa shape index (κ2) is 13.3. The minimum Gasteiger partial charge on any atom is -0.481 e. The van der Waals surface area contributed by atoms with Crippen LogP contribution in [-0.4, -0.2) is 33.9 Å². The van der Waals surface area contributed by atoms with Gasteiger partial charge in [-0.05, 0) is 105 Å². The fourth-order valence-electron chi connectivity index (χ4n) is 6.76. The molecule has 0 radical (unpaired) electrons. The molecule has 1 N–H and O–H groups in total. The number of carboxylic acid groups (broad SMARTS) is 1. The molecule has 234 valence electrons. The molecule has 0 bridgehead atoms. The Kier molecular flexibility index (Phi) is 9.52. The van der Waals surface area contributed by atoms with Gasteiger partial charge in [-0.3, -0.25) is 9.48 Å². The molecular weight excluding hydrogens is 567 g/mol. The van der Waals surface area contributed by atoms with E-state index in [0.717, 1.165) is 75.0 Å². The van der Waals surface area contributed by atoms with E-state index in [0.29, 0.717) is 36.7 Å². The van der Waals surface area contributed by atoms with E-state index in [4.69, 9.17) is 6.57 Å². The number of benzene rings is 2. The Labute approximate surface area is 257 Å². The summed E-state index contributed by atoms with van der Waals surface area (Å²) >= 11 is 0. The van der Waals surface area contributed by atoms with E-state index in [9.17, 15) is 23.1 Å². The highest BCUT2D eigenvalue weighted by molar-refractivity contribution is 5.70. The number of anilines is 2. The highest BCUT2D eigenvalue weighted by Gasteiger charge is 2.32. The summed E-state index contributed by atoms with van der Waals surface area (Å²) in [6, 6.07) is 10.0. The van der Waals surface area contributed by atoms with Crippen LogP contribution < -0.4 is 9.80 Å². The van der Waals surface area contributed by atoms with E-state index < -0.39 is 17.7 Å². The van der Waals surface area contributed by atoms with Crippen molar-refractivity contribution in [2.75, 3.05) is 22.9 Å². The van der Waals surface area contributed by atoms with Gasteiger partial charge in [0.2, 0.25) is 0 Å². The Morgan fingerprint density at radius 1 is 1.05 bits per heavy atom. The normalized spacial score (nSPS) is 18.4. The lowest BCUT2D eigenvalue weighted by atomic mass is 9.81. The maximum absolute atomic E-state index is 13.7. The van der Waals surface area contributed by atoms with Gasteiger partial charge in [0.25, 0.3) is 0 Å². The average Bonchev–Trinajstić information content (AvgIpc) is 3.45. The maximum Gasteiger partial charge on any atom is 0.415 e. The highest BCUT2D eigenvalue weighted by Crippen LogP contribution is 2.37. The van der Waals surface area contributed by atoms with Crippen LogP contribution in [0.2, 0.25) is 0 Å². The van der Waals surface area contributed by atoms with Crippen LogP contribution in [-0.2, 0) is 43.9 Å². The Hall–Kier alpha value is -4.00. The molecule has 2 aliphatic carbocycles. The Morgan fingerprint density at radius 3 is 2.34 bits per heavy atom. The predicted molar refractivity (Wildman–Crippen MR) is 165 cm³/mol. The van der Waals surface area contributed by atoms with Crippen LogP contribution in [0.25, 0.3) is 4.85 Å². The number of carbonyl (C=O) groups is 1. The molecule has 1 fully saturated rings. The number of carboxylic acids is 1. The van der Waals surface area contributed by atoms with Crippen molar-refractivity contribution in [1.82, 2.24) is 9.78 Å².